The summed E-state index contributed by atoms with van der Waals surface area (Å²) in [6.45, 7) is 3.20. The first-order chi connectivity index (χ1) is 10.3. The number of carbonyl (C=O) groups excluding carboxylic acids is 1. The van der Waals surface area contributed by atoms with Crippen LogP contribution in [0.15, 0.2) is 40.7 Å². The molecule has 1 amide bonds. The SMILES string of the molecule is CSc1ccccc1C(=O)N1CCN(c2nccs2)CC1. The molecule has 1 aliphatic heterocycles. The molecular weight excluding hydrogens is 302 g/mol. The highest BCUT2D eigenvalue weighted by atomic mass is 32.2. The fourth-order valence-corrected chi connectivity index (χ4v) is 3.75. The van der Waals surface area contributed by atoms with E-state index in [1.54, 1.807) is 23.1 Å². The third-order valence-corrected chi connectivity index (χ3v) is 5.22. The summed E-state index contributed by atoms with van der Waals surface area (Å²) in [4.78, 5) is 22.2. The summed E-state index contributed by atoms with van der Waals surface area (Å²) in [6.07, 6.45) is 3.83. The van der Waals surface area contributed by atoms with Crippen LogP contribution in [-0.2, 0) is 0 Å². The molecule has 1 aromatic carbocycles. The average Bonchev–Trinajstić information content (AvgIpc) is 3.09. The fourth-order valence-electron chi connectivity index (χ4n) is 2.46. The highest BCUT2D eigenvalue weighted by molar-refractivity contribution is 7.98. The van der Waals surface area contributed by atoms with Gasteiger partial charge in [-0.05, 0) is 18.4 Å². The number of benzene rings is 1. The van der Waals surface area contributed by atoms with Crippen LogP contribution in [0, 0.1) is 0 Å². The zero-order valence-corrected chi connectivity index (χ0v) is 13.5. The Morgan fingerprint density at radius 2 is 2.00 bits per heavy atom. The van der Waals surface area contributed by atoms with Crippen LogP contribution >= 0.6 is 23.1 Å². The van der Waals surface area contributed by atoms with E-state index in [2.05, 4.69) is 9.88 Å². The molecule has 2 heterocycles. The second-order valence-electron chi connectivity index (χ2n) is 4.79. The largest absolute Gasteiger partial charge is 0.345 e. The first kappa shape index (κ1) is 14.4. The van der Waals surface area contributed by atoms with E-state index in [4.69, 9.17) is 0 Å². The molecule has 3 rings (SSSR count). The third kappa shape index (κ3) is 3.06. The maximum Gasteiger partial charge on any atom is 0.255 e. The van der Waals surface area contributed by atoms with Gasteiger partial charge in [-0.1, -0.05) is 12.1 Å². The molecular formula is C15H17N3OS2. The number of aromatic nitrogens is 1. The van der Waals surface area contributed by atoms with Crippen molar-refractivity contribution in [2.45, 2.75) is 4.90 Å². The summed E-state index contributed by atoms with van der Waals surface area (Å²) in [6, 6.07) is 7.83. The second-order valence-corrected chi connectivity index (χ2v) is 6.52. The topological polar surface area (TPSA) is 36.4 Å². The van der Waals surface area contributed by atoms with Gasteiger partial charge in [0.25, 0.3) is 5.91 Å². The average molecular weight is 319 g/mol. The summed E-state index contributed by atoms with van der Waals surface area (Å²) in [5, 5.41) is 3.04. The van der Waals surface area contributed by atoms with Crippen LogP contribution in [0.25, 0.3) is 0 Å². The number of carbonyl (C=O) groups is 1. The van der Waals surface area contributed by atoms with E-state index >= 15 is 0 Å². The van der Waals surface area contributed by atoms with Crippen molar-refractivity contribution in [2.75, 3.05) is 37.3 Å². The molecule has 0 radical (unpaired) electrons. The van der Waals surface area contributed by atoms with Crippen LogP contribution < -0.4 is 4.90 Å². The number of piperazine rings is 1. The van der Waals surface area contributed by atoms with Crippen LogP contribution in [0.5, 0.6) is 0 Å². The zero-order chi connectivity index (χ0) is 14.7. The van der Waals surface area contributed by atoms with Crippen molar-refractivity contribution < 1.29 is 4.79 Å². The van der Waals surface area contributed by atoms with Crippen LogP contribution in [0.1, 0.15) is 10.4 Å². The Kier molecular flexibility index (Phi) is 4.45. The monoisotopic (exact) mass is 319 g/mol. The molecule has 1 aliphatic rings. The van der Waals surface area contributed by atoms with Gasteiger partial charge in [0.2, 0.25) is 0 Å². The second kappa shape index (κ2) is 6.49. The number of amides is 1. The van der Waals surface area contributed by atoms with Gasteiger partial charge in [-0.25, -0.2) is 4.98 Å². The van der Waals surface area contributed by atoms with Gasteiger partial charge in [0, 0.05) is 42.7 Å². The summed E-state index contributed by atoms with van der Waals surface area (Å²) in [5.41, 5.74) is 0.813. The Morgan fingerprint density at radius 3 is 2.67 bits per heavy atom. The molecule has 0 bridgehead atoms. The Balaban J connectivity index is 1.68. The molecule has 0 N–H and O–H groups in total. The van der Waals surface area contributed by atoms with Crippen molar-refractivity contribution >= 4 is 34.1 Å². The molecule has 0 unspecified atom stereocenters. The predicted molar refractivity (Wildman–Crippen MR) is 88.5 cm³/mol. The van der Waals surface area contributed by atoms with Gasteiger partial charge in [0.05, 0.1) is 5.56 Å². The predicted octanol–water partition coefficient (Wildman–Crippen LogP) is 2.83. The summed E-state index contributed by atoms with van der Waals surface area (Å²) in [7, 11) is 0. The van der Waals surface area contributed by atoms with Gasteiger partial charge in [0.15, 0.2) is 5.13 Å². The van der Waals surface area contributed by atoms with Gasteiger partial charge in [0.1, 0.15) is 0 Å². The van der Waals surface area contributed by atoms with E-state index in [1.807, 2.05) is 47.0 Å². The molecule has 0 aliphatic carbocycles. The van der Waals surface area contributed by atoms with Gasteiger partial charge in [-0.2, -0.15) is 0 Å². The van der Waals surface area contributed by atoms with Crippen molar-refractivity contribution in [1.29, 1.82) is 0 Å². The molecule has 0 saturated carbocycles. The lowest BCUT2D eigenvalue weighted by atomic mass is 10.2. The van der Waals surface area contributed by atoms with Gasteiger partial charge in [-0.3, -0.25) is 4.79 Å². The van der Waals surface area contributed by atoms with E-state index in [0.717, 1.165) is 41.8 Å². The molecule has 1 aromatic heterocycles. The molecule has 0 atom stereocenters. The smallest absolute Gasteiger partial charge is 0.255 e. The number of rotatable bonds is 3. The van der Waals surface area contributed by atoms with E-state index < -0.39 is 0 Å². The van der Waals surface area contributed by atoms with E-state index in [0.29, 0.717) is 0 Å². The van der Waals surface area contributed by atoms with Crippen LogP contribution in [0.4, 0.5) is 5.13 Å². The summed E-state index contributed by atoms with van der Waals surface area (Å²) >= 11 is 3.27. The van der Waals surface area contributed by atoms with E-state index in [9.17, 15) is 4.79 Å². The quantitative estimate of drug-likeness (QED) is 0.815. The normalized spacial score (nSPS) is 15.3. The van der Waals surface area contributed by atoms with Crippen molar-refractivity contribution in [1.82, 2.24) is 9.88 Å². The molecule has 1 fully saturated rings. The van der Waals surface area contributed by atoms with Crippen LogP contribution in [-0.4, -0.2) is 48.2 Å². The number of thioether (sulfide) groups is 1. The minimum Gasteiger partial charge on any atom is -0.345 e. The minimum absolute atomic E-state index is 0.138. The maximum atomic E-state index is 12.7. The van der Waals surface area contributed by atoms with Crippen molar-refractivity contribution in [2.24, 2.45) is 0 Å². The highest BCUT2D eigenvalue weighted by Crippen LogP contribution is 2.23. The molecule has 2 aromatic rings. The van der Waals surface area contributed by atoms with Crippen molar-refractivity contribution in [3.8, 4) is 0 Å². The lowest BCUT2D eigenvalue weighted by Crippen LogP contribution is -2.48. The lowest BCUT2D eigenvalue weighted by molar-refractivity contribution is 0.0743. The number of hydrogen-bond donors (Lipinski definition) is 0. The van der Waals surface area contributed by atoms with Gasteiger partial charge in [-0.15, -0.1) is 23.1 Å². The maximum absolute atomic E-state index is 12.7. The first-order valence-corrected chi connectivity index (χ1v) is 8.97. The molecule has 6 heteroatoms. The highest BCUT2D eigenvalue weighted by Gasteiger charge is 2.24. The molecule has 0 spiro atoms. The Morgan fingerprint density at radius 1 is 1.24 bits per heavy atom. The summed E-state index contributed by atoms with van der Waals surface area (Å²) in [5.74, 6) is 0.138. The molecule has 110 valence electrons. The third-order valence-electron chi connectivity index (χ3n) is 3.59. The Labute approximate surface area is 132 Å². The summed E-state index contributed by atoms with van der Waals surface area (Å²) < 4.78 is 0. The first-order valence-electron chi connectivity index (χ1n) is 6.86. The minimum atomic E-state index is 0.138. The van der Waals surface area contributed by atoms with Crippen LogP contribution in [0.3, 0.4) is 0 Å². The number of thiazole rings is 1. The van der Waals surface area contributed by atoms with Crippen molar-refractivity contribution in [3.05, 3.63) is 41.4 Å². The van der Waals surface area contributed by atoms with Gasteiger partial charge >= 0.3 is 0 Å². The number of hydrogen-bond acceptors (Lipinski definition) is 5. The van der Waals surface area contributed by atoms with Crippen molar-refractivity contribution in [3.63, 3.8) is 0 Å². The standard InChI is InChI=1S/C15H17N3OS2/c1-20-13-5-3-2-4-12(13)14(19)17-7-9-18(10-8-17)15-16-6-11-21-15/h2-6,11H,7-10H2,1H3. The molecule has 21 heavy (non-hydrogen) atoms. The number of anilines is 1. The van der Waals surface area contributed by atoms with Crippen LogP contribution in [0.2, 0.25) is 0 Å². The Bertz CT molecular complexity index is 607. The fraction of sp³-hybridized carbons (Fsp3) is 0.333. The zero-order valence-electron chi connectivity index (χ0n) is 11.9. The molecule has 1 saturated heterocycles. The lowest BCUT2D eigenvalue weighted by Gasteiger charge is -2.34. The number of nitrogens with zero attached hydrogens (tertiary/aromatic N) is 3. The Hall–Kier alpha value is -1.53. The van der Waals surface area contributed by atoms with E-state index in [-0.39, 0.29) is 5.91 Å². The van der Waals surface area contributed by atoms with E-state index in [1.165, 1.54) is 0 Å². The van der Waals surface area contributed by atoms with Gasteiger partial charge < -0.3 is 9.80 Å². The molecule has 4 nitrogen and oxygen atoms in total.